The fraction of sp³-hybridized carbons (Fsp3) is 0.333. The van der Waals surface area contributed by atoms with E-state index in [2.05, 4.69) is 58.7 Å². The number of rotatable bonds is 12. The Hall–Kier alpha value is -4.76. The van der Waals surface area contributed by atoms with Gasteiger partial charge in [-0.2, -0.15) is 0 Å². The van der Waals surface area contributed by atoms with Gasteiger partial charge in [0.1, 0.15) is 5.60 Å². The smallest absolute Gasteiger partial charge is 0.337 e. The molecule has 1 N–H and O–H groups in total. The minimum atomic E-state index is -0.879. The van der Waals surface area contributed by atoms with Gasteiger partial charge in [-0.1, -0.05) is 72.8 Å². The van der Waals surface area contributed by atoms with E-state index >= 15 is 0 Å². The first kappa shape index (κ1) is 33.1. The maximum absolute atomic E-state index is 13.9. The molecule has 45 heavy (non-hydrogen) atoms. The maximum Gasteiger partial charge on any atom is 0.337 e. The van der Waals surface area contributed by atoms with Crippen LogP contribution in [-0.4, -0.2) is 54.6 Å². The number of benzene rings is 3. The summed E-state index contributed by atoms with van der Waals surface area (Å²) in [5.41, 5.74) is 3.62. The second-order valence-electron chi connectivity index (χ2n) is 12.0. The predicted molar refractivity (Wildman–Crippen MR) is 173 cm³/mol. The molecule has 9 nitrogen and oxygen atoms in total. The minimum Gasteiger partial charge on any atom is -0.466 e. The number of nitro groups is 1. The van der Waals surface area contributed by atoms with E-state index in [1.165, 1.54) is 30.4 Å². The molecule has 4 rings (SSSR count). The molecule has 1 atom stereocenters. The van der Waals surface area contributed by atoms with Gasteiger partial charge in [-0.05, 0) is 64.4 Å². The van der Waals surface area contributed by atoms with E-state index in [9.17, 15) is 19.7 Å². The van der Waals surface area contributed by atoms with E-state index in [1.54, 1.807) is 26.0 Å². The molecule has 0 saturated carbocycles. The summed E-state index contributed by atoms with van der Waals surface area (Å²) in [5, 5.41) is 14.4. The van der Waals surface area contributed by atoms with Crippen LogP contribution >= 0.6 is 0 Å². The van der Waals surface area contributed by atoms with Crippen LogP contribution in [-0.2, 0) is 19.1 Å². The first-order chi connectivity index (χ1) is 21.4. The van der Waals surface area contributed by atoms with Crippen molar-refractivity contribution in [3.05, 3.63) is 134 Å². The lowest BCUT2D eigenvalue weighted by Crippen LogP contribution is -2.42. The lowest BCUT2D eigenvalue weighted by molar-refractivity contribution is -0.384. The molecule has 0 saturated heterocycles. The van der Waals surface area contributed by atoms with Gasteiger partial charge in [0, 0.05) is 36.0 Å². The number of esters is 2. The average molecular weight is 612 g/mol. The Labute approximate surface area is 264 Å². The quantitative estimate of drug-likeness (QED) is 0.141. The zero-order chi connectivity index (χ0) is 32.7. The summed E-state index contributed by atoms with van der Waals surface area (Å²) in [6.45, 7) is 8.44. The molecule has 0 aliphatic carbocycles. The molecule has 236 valence electrons. The van der Waals surface area contributed by atoms with Crippen molar-refractivity contribution >= 4 is 17.6 Å². The Morgan fingerprint density at radius 3 is 1.89 bits per heavy atom. The second kappa shape index (κ2) is 14.3. The summed E-state index contributed by atoms with van der Waals surface area (Å²) in [5.74, 6) is -1.80. The van der Waals surface area contributed by atoms with Gasteiger partial charge >= 0.3 is 11.9 Å². The molecule has 0 aromatic heterocycles. The van der Waals surface area contributed by atoms with E-state index < -0.39 is 28.4 Å². The van der Waals surface area contributed by atoms with Crippen LogP contribution in [0, 0.1) is 10.1 Å². The van der Waals surface area contributed by atoms with Crippen LogP contribution < -0.4 is 5.32 Å². The number of nitrogens with zero attached hydrogens (tertiary/aromatic N) is 2. The monoisotopic (exact) mass is 611 g/mol. The van der Waals surface area contributed by atoms with Crippen LogP contribution in [0.3, 0.4) is 0 Å². The number of carbonyl (C=O) groups excluding carboxylic acids is 2. The van der Waals surface area contributed by atoms with Gasteiger partial charge in [0.15, 0.2) is 0 Å². The molecule has 1 aliphatic heterocycles. The molecule has 0 bridgehead atoms. The second-order valence-corrected chi connectivity index (χ2v) is 12.0. The van der Waals surface area contributed by atoms with Crippen LogP contribution in [0.5, 0.6) is 0 Å². The Kier molecular flexibility index (Phi) is 10.6. The van der Waals surface area contributed by atoms with Crippen molar-refractivity contribution in [2.75, 3.05) is 27.2 Å². The predicted octanol–water partition coefficient (Wildman–Crippen LogP) is 6.48. The van der Waals surface area contributed by atoms with Crippen molar-refractivity contribution in [1.82, 2.24) is 10.2 Å². The first-order valence-electron chi connectivity index (χ1n) is 14.9. The van der Waals surface area contributed by atoms with Gasteiger partial charge in [0.2, 0.25) is 0 Å². The van der Waals surface area contributed by atoms with Crippen molar-refractivity contribution in [3.63, 3.8) is 0 Å². The molecule has 9 heteroatoms. The highest BCUT2D eigenvalue weighted by Gasteiger charge is 2.39. The van der Waals surface area contributed by atoms with Crippen molar-refractivity contribution in [3.8, 4) is 0 Å². The number of allylic oxidation sites excluding steroid dienone is 2. The van der Waals surface area contributed by atoms with Gasteiger partial charge in [-0.25, -0.2) is 9.59 Å². The van der Waals surface area contributed by atoms with E-state index in [0.717, 1.165) is 13.0 Å². The Balaban J connectivity index is 1.53. The molecular weight excluding hydrogens is 570 g/mol. The number of dihydropyridines is 1. The van der Waals surface area contributed by atoms with Crippen LogP contribution in [0.15, 0.2) is 107 Å². The van der Waals surface area contributed by atoms with Gasteiger partial charge in [-0.3, -0.25) is 10.1 Å². The molecule has 3 aromatic rings. The van der Waals surface area contributed by atoms with E-state index in [1.807, 2.05) is 33.0 Å². The summed E-state index contributed by atoms with van der Waals surface area (Å²) < 4.78 is 11.2. The molecule has 0 spiro atoms. The molecule has 0 amide bonds. The molecule has 1 aliphatic rings. The van der Waals surface area contributed by atoms with Crippen molar-refractivity contribution in [2.24, 2.45) is 0 Å². The summed E-state index contributed by atoms with van der Waals surface area (Å²) in [6, 6.07) is 26.7. The number of non-ortho nitro benzene ring substituents is 1. The van der Waals surface area contributed by atoms with Crippen LogP contribution in [0.2, 0.25) is 0 Å². The molecule has 0 fully saturated rings. The maximum atomic E-state index is 13.9. The van der Waals surface area contributed by atoms with E-state index in [4.69, 9.17) is 9.47 Å². The van der Waals surface area contributed by atoms with Crippen molar-refractivity contribution in [1.29, 1.82) is 0 Å². The number of likely N-dealkylation sites (N-methyl/N-ethyl adjacent to an activating group) is 1. The number of carbonyl (C=O) groups is 2. The Morgan fingerprint density at radius 2 is 1.40 bits per heavy atom. The topological polar surface area (TPSA) is 111 Å². The number of nitro benzene ring substituents is 1. The third-order valence-electron chi connectivity index (χ3n) is 8.05. The highest BCUT2D eigenvalue weighted by molar-refractivity contribution is 6.00. The number of nitrogens with one attached hydrogen (secondary N) is 1. The largest absolute Gasteiger partial charge is 0.466 e. The van der Waals surface area contributed by atoms with E-state index in [0.29, 0.717) is 23.5 Å². The van der Waals surface area contributed by atoms with Crippen molar-refractivity contribution in [2.45, 2.75) is 51.6 Å². The SMILES string of the molecule is COC(=O)C1=C(C)NC(C)=C(C(=O)OC(C)(C)CN(C)CCC(c2ccccc2)c2ccccc2)C1c1ccc([N+](=O)[O-])cc1. The third-order valence-corrected chi connectivity index (χ3v) is 8.05. The van der Waals surface area contributed by atoms with Gasteiger partial charge < -0.3 is 19.7 Å². The molecule has 0 radical (unpaired) electrons. The summed E-state index contributed by atoms with van der Waals surface area (Å²) in [4.78, 5) is 39.9. The number of ether oxygens (including phenoxy) is 2. The third kappa shape index (κ3) is 8.05. The summed E-state index contributed by atoms with van der Waals surface area (Å²) in [6.07, 6.45) is 0.873. The Morgan fingerprint density at radius 1 is 0.889 bits per heavy atom. The molecular formula is C36H41N3O6. The molecule has 1 heterocycles. The lowest BCUT2D eigenvalue weighted by atomic mass is 9.80. The molecule has 1 unspecified atom stereocenters. The van der Waals surface area contributed by atoms with Crippen LogP contribution in [0.25, 0.3) is 0 Å². The van der Waals surface area contributed by atoms with Crippen LogP contribution in [0.1, 0.15) is 62.6 Å². The average Bonchev–Trinajstić information content (AvgIpc) is 3.01. The number of methoxy groups -OCH3 is 1. The summed E-state index contributed by atoms with van der Waals surface area (Å²) in [7, 11) is 3.29. The highest BCUT2D eigenvalue weighted by Crippen LogP contribution is 2.40. The fourth-order valence-corrected chi connectivity index (χ4v) is 6.08. The minimum absolute atomic E-state index is 0.0937. The van der Waals surface area contributed by atoms with E-state index in [-0.39, 0.29) is 22.8 Å². The van der Waals surface area contributed by atoms with Gasteiger partial charge in [0.25, 0.3) is 5.69 Å². The summed E-state index contributed by atoms with van der Waals surface area (Å²) >= 11 is 0. The zero-order valence-electron chi connectivity index (χ0n) is 26.7. The van der Waals surface area contributed by atoms with Gasteiger partial charge in [-0.15, -0.1) is 0 Å². The lowest BCUT2D eigenvalue weighted by Gasteiger charge is -2.34. The Bertz CT molecular complexity index is 1540. The molecule has 3 aromatic carbocycles. The van der Waals surface area contributed by atoms with Gasteiger partial charge in [0.05, 0.1) is 29.1 Å². The first-order valence-corrected chi connectivity index (χ1v) is 14.9. The van der Waals surface area contributed by atoms with Crippen LogP contribution in [0.4, 0.5) is 5.69 Å². The number of hydrogen-bond donors (Lipinski definition) is 1. The highest BCUT2D eigenvalue weighted by atomic mass is 16.6. The van der Waals surface area contributed by atoms with Crippen molar-refractivity contribution < 1.29 is 24.0 Å². The fourth-order valence-electron chi connectivity index (χ4n) is 6.08. The number of hydrogen-bond acceptors (Lipinski definition) is 8. The normalized spacial score (nSPS) is 15.2. The zero-order valence-corrected chi connectivity index (χ0v) is 26.7. The standard InChI is InChI=1S/C36H41N3O6/c1-24-31(34(40)44-6)33(28-17-19-29(20-18-28)39(42)43)32(25(2)37-24)35(41)45-36(3,4)23-38(5)22-21-30(26-13-9-7-10-14-26)27-15-11-8-12-16-27/h7-20,30,33,37H,21-23H2,1-6H3.